The molecule has 1 aliphatic heterocycles. The molecule has 2 rings (SSSR count). The Morgan fingerprint density at radius 3 is 2.67 bits per heavy atom. The maximum atomic E-state index is 12.4. The standard InChI is InChI=1S/C11H17N3O5S2/c1-20(16,17)13-9-3-2-6-14(8-9)21(18,19)11-7-12-5-4-10(11)15/h4-5,7,9,13H,2-3,6,8H2,1H3,(H,12,15). The third kappa shape index (κ3) is 3.90. The minimum absolute atomic E-state index is 0.0176. The van der Waals surface area contributed by atoms with Crippen LogP contribution in [0.25, 0.3) is 0 Å². The van der Waals surface area contributed by atoms with E-state index in [-0.39, 0.29) is 18.0 Å². The smallest absolute Gasteiger partial charge is 0.248 e. The van der Waals surface area contributed by atoms with Crippen LogP contribution in [0.1, 0.15) is 12.8 Å². The topological polar surface area (TPSA) is 116 Å². The molecule has 21 heavy (non-hydrogen) atoms. The molecule has 0 aromatic carbocycles. The van der Waals surface area contributed by atoms with Crippen molar-refractivity contribution in [2.45, 2.75) is 23.8 Å². The number of H-pyrrole nitrogens is 1. The molecular formula is C11H17N3O5S2. The molecule has 1 atom stereocenters. The Labute approximate surface area is 123 Å². The van der Waals surface area contributed by atoms with Gasteiger partial charge in [0.25, 0.3) is 0 Å². The molecule has 2 heterocycles. The van der Waals surface area contributed by atoms with Crippen LogP contribution in [-0.4, -0.2) is 51.5 Å². The molecule has 0 amide bonds. The normalized spacial score (nSPS) is 21.3. The predicted molar refractivity (Wildman–Crippen MR) is 76.8 cm³/mol. The maximum Gasteiger partial charge on any atom is 0.248 e. The van der Waals surface area contributed by atoms with Crippen molar-refractivity contribution in [3.05, 3.63) is 28.7 Å². The number of hydrogen-bond donors (Lipinski definition) is 2. The molecule has 1 fully saturated rings. The molecule has 10 heteroatoms. The number of nitrogens with one attached hydrogen (secondary N) is 2. The fourth-order valence-corrected chi connectivity index (χ4v) is 4.66. The Balaban J connectivity index is 2.25. The second-order valence-electron chi connectivity index (χ2n) is 4.97. The average molecular weight is 335 g/mol. The fourth-order valence-electron chi connectivity index (χ4n) is 2.30. The molecule has 0 bridgehead atoms. The first-order valence-corrected chi connectivity index (χ1v) is 9.68. The molecule has 1 aromatic rings. The van der Waals surface area contributed by atoms with Crippen LogP contribution in [0.3, 0.4) is 0 Å². The van der Waals surface area contributed by atoms with Crippen LogP contribution in [0, 0.1) is 0 Å². The van der Waals surface area contributed by atoms with E-state index < -0.39 is 31.5 Å². The van der Waals surface area contributed by atoms with Gasteiger partial charge in [0, 0.05) is 37.6 Å². The van der Waals surface area contributed by atoms with Crippen molar-refractivity contribution in [3.8, 4) is 0 Å². The number of piperidine rings is 1. The van der Waals surface area contributed by atoms with E-state index in [9.17, 15) is 21.6 Å². The third-order valence-corrected chi connectivity index (χ3v) is 5.82. The summed E-state index contributed by atoms with van der Waals surface area (Å²) < 4.78 is 50.9. The fraction of sp³-hybridized carbons (Fsp3) is 0.545. The van der Waals surface area contributed by atoms with Crippen LogP contribution in [0.4, 0.5) is 0 Å². The van der Waals surface area contributed by atoms with Crippen LogP contribution in [0.2, 0.25) is 0 Å². The maximum absolute atomic E-state index is 12.4. The van der Waals surface area contributed by atoms with E-state index in [0.717, 1.165) is 22.8 Å². The monoisotopic (exact) mass is 335 g/mol. The number of rotatable bonds is 4. The number of sulfonamides is 2. The highest BCUT2D eigenvalue weighted by Crippen LogP contribution is 2.18. The average Bonchev–Trinajstić information content (AvgIpc) is 2.37. The van der Waals surface area contributed by atoms with Crippen LogP contribution in [-0.2, 0) is 20.0 Å². The van der Waals surface area contributed by atoms with E-state index in [1.54, 1.807) is 0 Å². The summed E-state index contributed by atoms with van der Waals surface area (Å²) in [5, 5.41) is 0. The quantitative estimate of drug-likeness (QED) is 0.738. The number of aromatic amines is 1. The lowest BCUT2D eigenvalue weighted by Gasteiger charge is -2.31. The van der Waals surface area contributed by atoms with Gasteiger partial charge in [-0.05, 0) is 12.8 Å². The van der Waals surface area contributed by atoms with Crippen LogP contribution < -0.4 is 10.2 Å². The first kappa shape index (κ1) is 16.1. The number of hydrogen-bond acceptors (Lipinski definition) is 5. The lowest BCUT2D eigenvalue weighted by Crippen LogP contribution is -2.49. The molecular weight excluding hydrogens is 318 g/mol. The van der Waals surface area contributed by atoms with Gasteiger partial charge in [0.05, 0.1) is 6.26 Å². The van der Waals surface area contributed by atoms with Crippen molar-refractivity contribution >= 4 is 20.0 Å². The molecule has 1 saturated heterocycles. The van der Waals surface area contributed by atoms with Gasteiger partial charge in [-0.1, -0.05) is 0 Å². The van der Waals surface area contributed by atoms with Crippen molar-refractivity contribution in [2.75, 3.05) is 19.3 Å². The third-order valence-electron chi connectivity index (χ3n) is 3.17. The minimum Gasteiger partial charge on any atom is -0.366 e. The summed E-state index contributed by atoms with van der Waals surface area (Å²) in [5.41, 5.74) is -0.591. The summed E-state index contributed by atoms with van der Waals surface area (Å²) >= 11 is 0. The lowest BCUT2D eigenvalue weighted by atomic mass is 10.1. The van der Waals surface area contributed by atoms with Gasteiger partial charge in [-0.25, -0.2) is 21.6 Å². The van der Waals surface area contributed by atoms with Gasteiger partial charge in [-0.3, -0.25) is 4.79 Å². The van der Waals surface area contributed by atoms with Crippen molar-refractivity contribution in [1.29, 1.82) is 0 Å². The molecule has 118 valence electrons. The summed E-state index contributed by atoms with van der Waals surface area (Å²) in [6.07, 6.45) is 4.61. The molecule has 0 radical (unpaired) electrons. The Morgan fingerprint density at radius 2 is 2.05 bits per heavy atom. The second kappa shape index (κ2) is 5.87. The predicted octanol–water partition coefficient (Wildman–Crippen LogP) is -0.923. The molecule has 1 unspecified atom stereocenters. The number of aromatic nitrogens is 1. The Bertz CT molecular complexity index is 769. The van der Waals surface area contributed by atoms with Gasteiger partial charge >= 0.3 is 0 Å². The van der Waals surface area contributed by atoms with E-state index in [2.05, 4.69) is 9.71 Å². The SMILES string of the molecule is CS(=O)(=O)NC1CCCN(S(=O)(=O)c2c[nH]ccc2=O)C1. The molecule has 2 N–H and O–H groups in total. The van der Waals surface area contributed by atoms with Crippen molar-refractivity contribution in [1.82, 2.24) is 14.0 Å². The van der Waals surface area contributed by atoms with Gasteiger partial charge in [0.1, 0.15) is 4.90 Å². The number of pyridine rings is 1. The van der Waals surface area contributed by atoms with Gasteiger partial charge in [-0.15, -0.1) is 0 Å². The van der Waals surface area contributed by atoms with Crippen LogP contribution in [0.5, 0.6) is 0 Å². The largest absolute Gasteiger partial charge is 0.366 e. The first-order valence-electron chi connectivity index (χ1n) is 6.35. The van der Waals surface area contributed by atoms with Gasteiger partial charge < -0.3 is 4.98 Å². The highest BCUT2D eigenvalue weighted by molar-refractivity contribution is 7.89. The summed E-state index contributed by atoms with van der Waals surface area (Å²) in [4.78, 5) is 13.9. The summed E-state index contributed by atoms with van der Waals surface area (Å²) in [6.45, 7) is 0.280. The zero-order chi connectivity index (χ0) is 15.7. The zero-order valence-corrected chi connectivity index (χ0v) is 13.1. The highest BCUT2D eigenvalue weighted by Gasteiger charge is 2.32. The Kier molecular flexibility index (Phi) is 4.51. The summed E-state index contributed by atoms with van der Waals surface area (Å²) in [6, 6.07) is 0.662. The molecule has 0 spiro atoms. The summed E-state index contributed by atoms with van der Waals surface area (Å²) in [7, 11) is -7.33. The van der Waals surface area contributed by atoms with E-state index in [0.29, 0.717) is 12.8 Å². The molecule has 0 saturated carbocycles. The van der Waals surface area contributed by atoms with Crippen molar-refractivity contribution in [2.24, 2.45) is 0 Å². The lowest BCUT2D eigenvalue weighted by molar-refractivity contribution is 0.303. The number of nitrogens with zero attached hydrogens (tertiary/aromatic N) is 1. The van der Waals surface area contributed by atoms with E-state index in [1.165, 1.54) is 6.20 Å². The second-order valence-corrected chi connectivity index (χ2v) is 8.65. The molecule has 1 aromatic heterocycles. The molecule has 1 aliphatic rings. The van der Waals surface area contributed by atoms with Gasteiger partial charge in [0.15, 0.2) is 0 Å². The van der Waals surface area contributed by atoms with Gasteiger partial charge in [0.2, 0.25) is 25.5 Å². The van der Waals surface area contributed by atoms with Gasteiger partial charge in [-0.2, -0.15) is 4.31 Å². The highest BCUT2D eigenvalue weighted by atomic mass is 32.2. The Morgan fingerprint density at radius 1 is 1.33 bits per heavy atom. The van der Waals surface area contributed by atoms with E-state index in [4.69, 9.17) is 0 Å². The van der Waals surface area contributed by atoms with E-state index >= 15 is 0 Å². The molecule has 0 aliphatic carbocycles. The zero-order valence-electron chi connectivity index (χ0n) is 11.4. The van der Waals surface area contributed by atoms with E-state index in [1.807, 2.05) is 0 Å². The first-order chi connectivity index (χ1) is 9.70. The van der Waals surface area contributed by atoms with Crippen molar-refractivity contribution in [3.63, 3.8) is 0 Å². The Hall–Kier alpha value is -1.23. The van der Waals surface area contributed by atoms with Crippen LogP contribution in [0.15, 0.2) is 28.2 Å². The van der Waals surface area contributed by atoms with Crippen LogP contribution >= 0.6 is 0 Å². The molecule has 8 nitrogen and oxygen atoms in total. The summed E-state index contributed by atoms with van der Waals surface area (Å²) in [5.74, 6) is 0. The minimum atomic E-state index is -3.93. The van der Waals surface area contributed by atoms with Crippen molar-refractivity contribution < 1.29 is 16.8 Å².